The maximum atomic E-state index is 15.5. The number of carbonyl (C=O) groups excluding carboxylic acids is 1. The molecular weight excluding hydrogens is 485 g/mol. The van der Waals surface area contributed by atoms with Crippen LogP contribution in [0.3, 0.4) is 0 Å². The van der Waals surface area contributed by atoms with Crippen LogP contribution in [0.15, 0.2) is 24.4 Å². The number of alkyl halides is 1. The maximum Gasteiger partial charge on any atom is 0.306 e. The van der Waals surface area contributed by atoms with Gasteiger partial charge in [-0.05, 0) is 50.6 Å². The number of nitrogens with one attached hydrogen (secondary N) is 1. The van der Waals surface area contributed by atoms with Gasteiger partial charge in [0.1, 0.15) is 18.2 Å². The molecule has 1 aromatic carbocycles. The van der Waals surface area contributed by atoms with Crippen molar-refractivity contribution in [3.05, 3.63) is 58.4 Å². The van der Waals surface area contributed by atoms with Crippen molar-refractivity contribution in [2.45, 2.75) is 32.2 Å². The summed E-state index contributed by atoms with van der Waals surface area (Å²) in [6, 6.07) is 4.02. The second kappa shape index (κ2) is 12.0. The predicted octanol–water partition coefficient (Wildman–Crippen LogP) is 4.33. The Kier molecular flexibility index (Phi) is 8.71. The lowest BCUT2D eigenvalue weighted by Gasteiger charge is -2.37. The smallest absolute Gasteiger partial charge is 0.306 e. The zero-order chi connectivity index (χ0) is 26.5. The maximum absolute atomic E-state index is 15.5. The summed E-state index contributed by atoms with van der Waals surface area (Å²) in [6.45, 7) is 3.80. The molecule has 1 aliphatic heterocycles. The van der Waals surface area contributed by atoms with Crippen molar-refractivity contribution in [3.63, 3.8) is 0 Å². The molecule has 4 rings (SSSR count). The molecule has 200 valence electrons. The highest BCUT2D eigenvalue weighted by molar-refractivity contribution is 5.85. The topological polar surface area (TPSA) is 70.7 Å². The van der Waals surface area contributed by atoms with Crippen molar-refractivity contribution in [1.29, 1.82) is 0 Å². The number of likely N-dealkylation sites (N-methyl/N-ethyl adjacent to an activating group) is 1. The fourth-order valence-electron chi connectivity index (χ4n) is 5.01. The van der Waals surface area contributed by atoms with Crippen molar-refractivity contribution < 1.29 is 27.4 Å². The minimum Gasteiger partial charge on any atom is -0.476 e. The van der Waals surface area contributed by atoms with Crippen molar-refractivity contribution in [2.75, 3.05) is 53.6 Å². The van der Waals surface area contributed by atoms with Gasteiger partial charge in [0, 0.05) is 53.9 Å². The molecule has 0 spiro atoms. The van der Waals surface area contributed by atoms with E-state index in [2.05, 4.69) is 9.97 Å². The molecule has 0 bridgehead atoms. The van der Waals surface area contributed by atoms with E-state index in [4.69, 9.17) is 9.47 Å². The summed E-state index contributed by atoms with van der Waals surface area (Å²) in [7, 11) is 3.22. The predicted molar refractivity (Wildman–Crippen MR) is 135 cm³/mol. The minimum atomic E-state index is -0.554. The molecule has 0 aliphatic carbocycles. The number of aromatic amines is 1. The van der Waals surface area contributed by atoms with E-state index in [-0.39, 0.29) is 24.9 Å². The van der Waals surface area contributed by atoms with Crippen LogP contribution in [0, 0.1) is 18.6 Å². The number of hydrogen-bond acceptors (Lipinski definition) is 6. The van der Waals surface area contributed by atoms with Crippen molar-refractivity contribution in [3.8, 4) is 5.88 Å². The van der Waals surface area contributed by atoms with E-state index < -0.39 is 11.9 Å². The van der Waals surface area contributed by atoms with Gasteiger partial charge in [0.2, 0.25) is 5.88 Å². The fourth-order valence-corrected chi connectivity index (χ4v) is 5.01. The number of nitrogens with zero attached hydrogens (tertiary/aromatic N) is 3. The molecule has 0 fully saturated rings. The van der Waals surface area contributed by atoms with Crippen LogP contribution in [0.2, 0.25) is 0 Å². The zero-order valence-electron chi connectivity index (χ0n) is 21.5. The Morgan fingerprint density at radius 2 is 2.11 bits per heavy atom. The van der Waals surface area contributed by atoms with Crippen LogP contribution in [0.4, 0.5) is 13.2 Å². The molecule has 1 N–H and O–H groups in total. The molecule has 0 saturated heterocycles. The monoisotopic (exact) mass is 518 g/mol. The van der Waals surface area contributed by atoms with Gasteiger partial charge in [-0.3, -0.25) is 14.1 Å². The Hall–Kier alpha value is -3.11. The third-order valence-electron chi connectivity index (χ3n) is 6.96. The highest BCUT2D eigenvalue weighted by Crippen LogP contribution is 2.41. The first-order valence-corrected chi connectivity index (χ1v) is 12.5. The molecule has 7 nitrogen and oxygen atoms in total. The number of carbonyl (C=O) groups is 1. The summed E-state index contributed by atoms with van der Waals surface area (Å²) in [5.41, 5.74) is 3.42. The van der Waals surface area contributed by atoms with Crippen LogP contribution in [0.25, 0.3) is 10.9 Å². The molecule has 3 heterocycles. The second-order valence-corrected chi connectivity index (χ2v) is 9.37. The lowest BCUT2D eigenvalue weighted by atomic mass is 9.90. The minimum absolute atomic E-state index is 0.150. The number of H-pyrrole nitrogens is 1. The van der Waals surface area contributed by atoms with E-state index >= 15 is 4.39 Å². The molecule has 0 saturated carbocycles. The summed E-state index contributed by atoms with van der Waals surface area (Å²) in [4.78, 5) is 23.5. The van der Waals surface area contributed by atoms with Gasteiger partial charge < -0.3 is 19.4 Å². The van der Waals surface area contributed by atoms with Crippen LogP contribution in [0.1, 0.15) is 41.3 Å². The molecule has 1 unspecified atom stereocenters. The standard InChI is InChI=1S/C27H33F3N4O3/c1-17-24(21(30)16-31-27(17)37-14-13-33(2)10-4-9-28)26-25-19(7-11-34(26)12-8-23(35)36-3)20-15-18(29)5-6-22(20)32-25/h5-6,15-16,26,32H,4,7-14H2,1-3H3. The molecule has 2 aromatic heterocycles. The van der Waals surface area contributed by atoms with Crippen LogP contribution in [-0.2, 0) is 16.0 Å². The van der Waals surface area contributed by atoms with E-state index in [0.29, 0.717) is 62.6 Å². The Morgan fingerprint density at radius 3 is 2.86 bits per heavy atom. The molecule has 37 heavy (non-hydrogen) atoms. The Balaban J connectivity index is 1.70. The SMILES string of the molecule is COC(=O)CCN1CCc2c([nH]c3ccc(F)cc23)C1c1c(F)cnc(OCCN(C)CCCF)c1C. The zero-order valence-corrected chi connectivity index (χ0v) is 21.5. The number of rotatable bonds is 11. The first-order valence-electron chi connectivity index (χ1n) is 12.5. The summed E-state index contributed by atoms with van der Waals surface area (Å²) in [6.07, 6.45) is 2.38. The van der Waals surface area contributed by atoms with Crippen molar-refractivity contribution in [1.82, 2.24) is 19.8 Å². The normalized spacial score (nSPS) is 15.8. The van der Waals surface area contributed by atoms with Gasteiger partial charge in [0.05, 0.1) is 32.4 Å². The molecule has 1 aliphatic rings. The van der Waals surface area contributed by atoms with Crippen LogP contribution in [0.5, 0.6) is 5.88 Å². The summed E-state index contributed by atoms with van der Waals surface area (Å²) in [5, 5.41) is 0.771. The largest absolute Gasteiger partial charge is 0.476 e. The molecule has 1 atom stereocenters. The number of halogens is 3. The van der Waals surface area contributed by atoms with Gasteiger partial charge in [0.15, 0.2) is 0 Å². The third kappa shape index (κ3) is 5.91. The first kappa shape index (κ1) is 26.9. The number of fused-ring (bicyclic) bond motifs is 3. The number of ether oxygens (including phenoxy) is 2. The number of pyridine rings is 1. The quantitative estimate of drug-likeness (QED) is 0.381. The van der Waals surface area contributed by atoms with Gasteiger partial charge in [-0.2, -0.15) is 0 Å². The average Bonchev–Trinajstić information content (AvgIpc) is 3.25. The molecule has 0 radical (unpaired) electrons. The number of benzene rings is 1. The number of esters is 1. The van der Waals surface area contributed by atoms with Crippen LogP contribution < -0.4 is 4.74 Å². The van der Waals surface area contributed by atoms with Gasteiger partial charge in [-0.15, -0.1) is 0 Å². The van der Waals surface area contributed by atoms with Crippen LogP contribution in [-0.4, -0.2) is 79.4 Å². The Labute approximate surface area is 214 Å². The van der Waals surface area contributed by atoms with E-state index in [1.165, 1.54) is 19.2 Å². The summed E-state index contributed by atoms with van der Waals surface area (Å²) in [5.74, 6) is -0.860. The number of aromatic nitrogens is 2. The Bertz CT molecular complexity index is 1250. The molecule has 10 heteroatoms. The lowest BCUT2D eigenvalue weighted by molar-refractivity contribution is -0.141. The van der Waals surface area contributed by atoms with E-state index in [1.807, 2.05) is 16.8 Å². The number of hydrogen-bond donors (Lipinski definition) is 1. The first-order chi connectivity index (χ1) is 17.8. The fraction of sp³-hybridized carbons (Fsp3) is 0.481. The second-order valence-electron chi connectivity index (χ2n) is 9.37. The average molecular weight is 519 g/mol. The van der Waals surface area contributed by atoms with Gasteiger partial charge in [0.25, 0.3) is 0 Å². The van der Waals surface area contributed by atoms with Crippen LogP contribution >= 0.6 is 0 Å². The van der Waals surface area contributed by atoms with Gasteiger partial charge in [-0.1, -0.05) is 0 Å². The van der Waals surface area contributed by atoms with Crippen molar-refractivity contribution in [2.24, 2.45) is 0 Å². The lowest BCUT2D eigenvalue weighted by Crippen LogP contribution is -2.38. The number of methoxy groups -OCH3 is 1. The molecular formula is C27H33F3N4O3. The third-order valence-corrected chi connectivity index (χ3v) is 6.96. The van der Waals surface area contributed by atoms with Crippen molar-refractivity contribution >= 4 is 16.9 Å². The highest BCUT2D eigenvalue weighted by atomic mass is 19.1. The summed E-state index contributed by atoms with van der Waals surface area (Å²) >= 11 is 0. The highest BCUT2D eigenvalue weighted by Gasteiger charge is 2.35. The molecule has 0 amide bonds. The van der Waals surface area contributed by atoms with E-state index in [1.54, 1.807) is 13.0 Å². The summed E-state index contributed by atoms with van der Waals surface area (Å²) < 4.78 is 52.8. The van der Waals surface area contributed by atoms with Gasteiger partial charge >= 0.3 is 5.97 Å². The van der Waals surface area contributed by atoms with E-state index in [9.17, 15) is 13.6 Å². The van der Waals surface area contributed by atoms with E-state index in [0.717, 1.165) is 28.4 Å². The Morgan fingerprint density at radius 1 is 1.30 bits per heavy atom. The van der Waals surface area contributed by atoms with Gasteiger partial charge in [-0.25, -0.2) is 13.8 Å². The molecule has 3 aromatic rings.